The SMILES string of the molecule is CC(=O)Nc1ccc(S(=O)(=O)N2CCN(C(=O)c3ccccc3)CC2)cc1. The van der Waals surface area contributed by atoms with Crippen molar-refractivity contribution in [3.63, 3.8) is 0 Å². The van der Waals surface area contributed by atoms with Gasteiger partial charge in [0.2, 0.25) is 15.9 Å². The lowest BCUT2D eigenvalue weighted by Gasteiger charge is -2.34. The van der Waals surface area contributed by atoms with Crippen LogP contribution in [0.15, 0.2) is 59.5 Å². The Morgan fingerprint density at radius 1 is 0.889 bits per heavy atom. The molecular formula is C19H21N3O4S. The number of nitrogens with zero attached hydrogens (tertiary/aromatic N) is 2. The molecule has 142 valence electrons. The van der Waals surface area contributed by atoms with Crippen molar-refractivity contribution in [2.45, 2.75) is 11.8 Å². The minimum Gasteiger partial charge on any atom is -0.336 e. The van der Waals surface area contributed by atoms with Gasteiger partial charge in [0.25, 0.3) is 5.91 Å². The number of anilines is 1. The normalized spacial score (nSPS) is 15.4. The minimum absolute atomic E-state index is 0.0905. The highest BCUT2D eigenvalue weighted by Crippen LogP contribution is 2.20. The van der Waals surface area contributed by atoms with Gasteiger partial charge in [0.15, 0.2) is 0 Å². The van der Waals surface area contributed by atoms with Gasteiger partial charge in [-0.25, -0.2) is 8.42 Å². The minimum atomic E-state index is -3.64. The summed E-state index contributed by atoms with van der Waals surface area (Å²) in [6.45, 7) is 2.57. The van der Waals surface area contributed by atoms with Crippen LogP contribution in [0.4, 0.5) is 5.69 Å². The van der Waals surface area contributed by atoms with Gasteiger partial charge in [0.1, 0.15) is 0 Å². The number of carbonyl (C=O) groups is 2. The second-order valence-corrected chi connectivity index (χ2v) is 8.21. The molecule has 27 heavy (non-hydrogen) atoms. The molecule has 7 nitrogen and oxygen atoms in total. The fourth-order valence-electron chi connectivity index (χ4n) is 2.96. The van der Waals surface area contributed by atoms with Crippen molar-refractivity contribution >= 4 is 27.5 Å². The average Bonchev–Trinajstić information content (AvgIpc) is 2.68. The molecule has 0 aromatic heterocycles. The van der Waals surface area contributed by atoms with Crippen LogP contribution < -0.4 is 5.32 Å². The van der Waals surface area contributed by atoms with Crippen LogP contribution in [0.25, 0.3) is 0 Å². The van der Waals surface area contributed by atoms with Gasteiger partial charge in [-0.1, -0.05) is 18.2 Å². The summed E-state index contributed by atoms with van der Waals surface area (Å²) in [5, 5.41) is 2.61. The van der Waals surface area contributed by atoms with Crippen molar-refractivity contribution < 1.29 is 18.0 Å². The van der Waals surface area contributed by atoms with Crippen LogP contribution in [-0.4, -0.2) is 55.6 Å². The quantitative estimate of drug-likeness (QED) is 0.867. The highest BCUT2D eigenvalue weighted by atomic mass is 32.2. The largest absolute Gasteiger partial charge is 0.336 e. The molecule has 8 heteroatoms. The van der Waals surface area contributed by atoms with Gasteiger partial charge in [-0.15, -0.1) is 0 Å². The first-order chi connectivity index (χ1) is 12.9. The maximum atomic E-state index is 12.8. The summed E-state index contributed by atoms with van der Waals surface area (Å²) < 4.78 is 27.0. The Morgan fingerprint density at radius 3 is 2.04 bits per heavy atom. The van der Waals surface area contributed by atoms with Crippen LogP contribution in [0.1, 0.15) is 17.3 Å². The van der Waals surface area contributed by atoms with Crippen LogP contribution in [-0.2, 0) is 14.8 Å². The molecule has 1 N–H and O–H groups in total. The number of hydrogen-bond acceptors (Lipinski definition) is 4. The standard InChI is InChI=1S/C19H21N3O4S/c1-15(23)20-17-7-9-18(10-8-17)27(25,26)22-13-11-21(12-14-22)19(24)16-5-3-2-4-6-16/h2-10H,11-14H2,1H3,(H,20,23). The van der Waals surface area contributed by atoms with Crippen LogP contribution in [0.5, 0.6) is 0 Å². The van der Waals surface area contributed by atoms with Gasteiger partial charge >= 0.3 is 0 Å². The van der Waals surface area contributed by atoms with E-state index in [0.29, 0.717) is 24.3 Å². The van der Waals surface area contributed by atoms with Gasteiger partial charge in [-0.3, -0.25) is 9.59 Å². The Balaban J connectivity index is 1.66. The number of sulfonamides is 1. The number of rotatable bonds is 4. The summed E-state index contributed by atoms with van der Waals surface area (Å²) >= 11 is 0. The Bertz CT molecular complexity index is 919. The molecule has 2 aromatic carbocycles. The number of benzene rings is 2. The summed E-state index contributed by atoms with van der Waals surface area (Å²) in [5.74, 6) is -0.308. The van der Waals surface area contributed by atoms with Crippen LogP contribution in [0, 0.1) is 0 Å². The van der Waals surface area contributed by atoms with Crippen molar-refractivity contribution in [2.24, 2.45) is 0 Å². The van der Waals surface area contributed by atoms with Crippen molar-refractivity contribution in [1.29, 1.82) is 0 Å². The Kier molecular flexibility index (Phi) is 5.57. The Morgan fingerprint density at radius 2 is 1.48 bits per heavy atom. The number of carbonyl (C=O) groups excluding carboxylic acids is 2. The van der Waals surface area contributed by atoms with E-state index in [0.717, 1.165) is 0 Å². The second-order valence-electron chi connectivity index (χ2n) is 6.27. The zero-order chi connectivity index (χ0) is 19.4. The van der Waals surface area contributed by atoms with Gasteiger partial charge in [0, 0.05) is 44.4 Å². The Labute approximate surface area is 158 Å². The maximum absolute atomic E-state index is 12.8. The van der Waals surface area contributed by atoms with E-state index in [4.69, 9.17) is 0 Å². The molecule has 3 rings (SSSR count). The van der Waals surface area contributed by atoms with E-state index in [1.54, 1.807) is 41.3 Å². The average molecular weight is 387 g/mol. The summed E-state index contributed by atoms with van der Waals surface area (Å²) in [5.41, 5.74) is 1.14. The fraction of sp³-hybridized carbons (Fsp3) is 0.263. The van der Waals surface area contributed by atoms with E-state index in [-0.39, 0.29) is 29.8 Å². The molecule has 1 saturated heterocycles. The third-order valence-electron chi connectivity index (χ3n) is 4.36. The lowest BCUT2D eigenvalue weighted by molar-refractivity contribution is -0.114. The van der Waals surface area contributed by atoms with E-state index in [9.17, 15) is 18.0 Å². The van der Waals surface area contributed by atoms with Crippen LogP contribution in [0.3, 0.4) is 0 Å². The summed E-state index contributed by atoms with van der Waals surface area (Å²) in [4.78, 5) is 25.4. The zero-order valence-corrected chi connectivity index (χ0v) is 15.8. The number of piperazine rings is 1. The molecule has 0 saturated carbocycles. The first-order valence-electron chi connectivity index (χ1n) is 8.60. The van der Waals surface area contributed by atoms with Crippen molar-refractivity contribution in [2.75, 3.05) is 31.5 Å². The van der Waals surface area contributed by atoms with Gasteiger partial charge in [-0.05, 0) is 36.4 Å². The molecule has 0 radical (unpaired) electrons. The Hall–Kier alpha value is -2.71. The molecule has 0 bridgehead atoms. The summed E-state index contributed by atoms with van der Waals surface area (Å²) in [6.07, 6.45) is 0. The van der Waals surface area contributed by atoms with Gasteiger partial charge in [0.05, 0.1) is 4.90 Å². The third kappa shape index (κ3) is 4.35. The predicted octanol–water partition coefficient (Wildman–Crippen LogP) is 1.79. The van der Waals surface area contributed by atoms with E-state index in [1.807, 2.05) is 6.07 Å². The zero-order valence-electron chi connectivity index (χ0n) is 15.0. The maximum Gasteiger partial charge on any atom is 0.253 e. The molecular weight excluding hydrogens is 366 g/mol. The molecule has 1 aliphatic rings. The summed E-state index contributed by atoms with van der Waals surface area (Å²) in [7, 11) is -3.64. The first-order valence-corrected chi connectivity index (χ1v) is 10.0. The van der Waals surface area contributed by atoms with Gasteiger partial charge in [-0.2, -0.15) is 4.31 Å². The van der Waals surface area contributed by atoms with E-state index in [2.05, 4.69) is 5.32 Å². The predicted molar refractivity (Wildman–Crippen MR) is 102 cm³/mol. The lowest BCUT2D eigenvalue weighted by Crippen LogP contribution is -2.50. The molecule has 0 unspecified atom stereocenters. The number of nitrogens with one attached hydrogen (secondary N) is 1. The topological polar surface area (TPSA) is 86.8 Å². The third-order valence-corrected chi connectivity index (χ3v) is 6.27. The van der Waals surface area contributed by atoms with E-state index < -0.39 is 10.0 Å². The lowest BCUT2D eigenvalue weighted by atomic mass is 10.2. The first kappa shape index (κ1) is 19.1. The molecule has 2 aromatic rings. The molecule has 2 amide bonds. The second kappa shape index (κ2) is 7.89. The molecule has 0 spiro atoms. The molecule has 0 aliphatic carbocycles. The highest BCUT2D eigenvalue weighted by molar-refractivity contribution is 7.89. The van der Waals surface area contributed by atoms with Crippen LogP contribution in [0.2, 0.25) is 0 Å². The number of hydrogen-bond donors (Lipinski definition) is 1. The summed E-state index contributed by atoms with van der Waals surface area (Å²) in [6, 6.07) is 15.0. The molecule has 1 heterocycles. The smallest absolute Gasteiger partial charge is 0.253 e. The fourth-order valence-corrected chi connectivity index (χ4v) is 4.38. The van der Waals surface area contributed by atoms with Crippen LogP contribution >= 0.6 is 0 Å². The van der Waals surface area contributed by atoms with E-state index in [1.165, 1.54) is 23.4 Å². The van der Waals surface area contributed by atoms with Gasteiger partial charge < -0.3 is 10.2 Å². The van der Waals surface area contributed by atoms with Crippen molar-refractivity contribution in [1.82, 2.24) is 9.21 Å². The molecule has 1 aliphatic heterocycles. The van der Waals surface area contributed by atoms with E-state index >= 15 is 0 Å². The van der Waals surface area contributed by atoms with Crippen molar-refractivity contribution in [3.05, 3.63) is 60.2 Å². The molecule has 1 fully saturated rings. The number of amides is 2. The highest BCUT2D eigenvalue weighted by Gasteiger charge is 2.30. The monoisotopic (exact) mass is 387 g/mol. The van der Waals surface area contributed by atoms with Crippen molar-refractivity contribution in [3.8, 4) is 0 Å². The molecule has 0 atom stereocenters.